The topological polar surface area (TPSA) is 119 Å². The van der Waals surface area contributed by atoms with Gasteiger partial charge >= 0.3 is 5.97 Å². The Bertz CT molecular complexity index is 1040. The predicted octanol–water partition coefficient (Wildman–Crippen LogP) is 2.88. The Morgan fingerprint density at radius 2 is 2.00 bits per heavy atom. The number of thioether (sulfide) groups is 1. The van der Waals surface area contributed by atoms with Crippen molar-refractivity contribution in [1.82, 2.24) is 14.5 Å². The number of sulfonamides is 1. The summed E-state index contributed by atoms with van der Waals surface area (Å²) in [5.74, 6) is -0.933. The number of aromatic nitrogens is 2. The van der Waals surface area contributed by atoms with Gasteiger partial charge in [0, 0.05) is 13.1 Å². The number of carbonyl (C=O) groups excluding carboxylic acids is 2. The van der Waals surface area contributed by atoms with E-state index in [-0.39, 0.29) is 26.4 Å². The highest BCUT2D eigenvalue weighted by Gasteiger charge is 2.27. The largest absolute Gasteiger partial charge is 0.468 e. The molecular formula is C17H19ClN4O5S3. The molecule has 1 aliphatic rings. The van der Waals surface area contributed by atoms with Gasteiger partial charge < -0.3 is 4.74 Å². The second kappa shape index (κ2) is 10.1. The zero-order chi connectivity index (χ0) is 21.7. The molecule has 30 heavy (non-hydrogen) atoms. The van der Waals surface area contributed by atoms with E-state index in [2.05, 4.69) is 20.3 Å². The van der Waals surface area contributed by atoms with Crippen LogP contribution in [0.3, 0.4) is 0 Å². The van der Waals surface area contributed by atoms with Crippen molar-refractivity contribution in [2.75, 3.05) is 31.3 Å². The minimum atomic E-state index is -3.70. The first-order valence-corrected chi connectivity index (χ1v) is 12.6. The maximum atomic E-state index is 12.9. The van der Waals surface area contributed by atoms with Crippen LogP contribution in [-0.4, -0.2) is 60.7 Å². The Labute approximate surface area is 187 Å². The first-order valence-electron chi connectivity index (χ1n) is 8.95. The van der Waals surface area contributed by atoms with Crippen molar-refractivity contribution in [3.05, 3.63) is 28.8 Å². The van der Waals surface area contributed by atoms with Crippen molar-refractivity contribution >= 4 is 61.7 Å². The van der Waals surface area contributed by atoms with Crippen molar-refractivity contribution in [3.63, 3.8) is 0 Å². The SMILES string of the molecule is COC(=O)CSc1nnc(NC(=O)c2cc(S(=O)(=O)N3CCCCC3)ccc2Cl)s1. The number of nitrogens with zero attached hydrogens (tertiary/aromatic N) is 3. The van der Waals surface area contributed by atoms with Crippen LogP contribution in [0, 0.1) is 0 Å². The second-order valence-corrected chi connectivity index (χ2v) is 10.8. The fourth-order valence-corrected chi connectivity index (χ4v) is 6.08. The van der Waals surface area contributed by atoms with Gasteiger partial charge in [0.1, 0.15) is 0 Å². The lowest BCUT2D eigenvalue weighted by molar-refractivity contribution is -0.137. The number of hydrogen-bond donors (Lipinski definition) is 1. The van der Waals surface area contributed by atoms with Gasteiger partial charge in [0.15, 0.2) is 4.34 Å². The first-order chi connectivity index (χ1) is 14.3. The van der Waals surface area contributed by atoms with Crippen LogP contribution in [0.4, 0.5) is 5.13 Å². The maximum absolute atomic E-state index is 12.9. The number of rotatable bonds is 7. The van der Waals surface area contributed by atoms with Gasteiger partial charge in [0.25, 0.3) is 5.91 Å². The molecule has 1 aromatic heterocycles. The molecule has 2 heterocycles. The summed E-state index contributed by atoms with van der Waals surface area (Å²) >= 11 is 8.35. The molecule has 1 fully saturated rings. The molecule has 3 rings (SSSR count). The quantitative estimate of drug-likeness (QED) is 0.357. The molecule has 1 aliphatic heterocycles. The summed E-state index contributed by atoms with van der Waals surface area (Å²) in [6.45, 7) is 0.923. The highest BCUT2D eigenvalue weighted by atomic mass is 35.5. The van der Waals surface area contributed by atoms with Crippen molar-refractivity contribution in [1.29, 1.82) is 0 Å². The van der Waals surface area contributed by atoms with Gasteiger partial charge in [-0.05, 0) is 31.0 Å². The standard InChI is InChI=1S/C17H19ClN4O5S3/c1-27-14(23)10-28-17-21-20-16(29-17)19-15(24)12-9-11(5-6-13(12)18)30(25,26)22-7-3-2-4-8-22/h5-6,9H,2-4,7-8,10H2,1H3,(H,19,20,24). The molecule has 0 aliphatic carbocycles. The lowest BCUT2D eigenvalue weighted by Crippen LogP contribution is -2.35. The molecule has 1 amide bonds. The molecule has 1 aromatic carbocycles. The van der Waals surface area contributed by atoms with E-state index in [9.17, 15) is 18.0 Å². The number of nitrogens with one attached hydrogen (secondary N) is 1. The van der Waals surface area contributed by atoms with Crippen LogP contribution in [0.2, 0.25) is 5.02 Å². The fourth-order valence-electron chi connectivity index (χ4n) is 2.76. The average molecular weight is 491 g/mol. The van der Waals surface area contributed by atoms with E-state index < -0.39 is 21.9 Å². The van der Waals surface area contributed by atoms with Gasteiger partial charge in [-0.25, -0.2) is 8.42 Å². The highest BCUT2D eigenvalue weighted by Crippen LogP contribution is 2.28. The minimum Gasteiger partial charge on any atom is -0.468 e. The Kier molecular flexibility index (Phi) is 7.69. The van der Waals surface area contributed by atoms with Crippen LogP contribution < -0.4 is 5.32 Å². The number of esters is 1. The van der Waals surface area contributed by atoms with E-state index in [1.54, 1.807) is 0 Å². The molecular weight excluding hydrogens is 472 g/mol. The molecule has 2 aromatic rings. The van der Waals surface area contributed by atoms with Gasteiger partial charge in [0.2, 0.25) is 15.2 Å². The van der Waals surface area contributed by atoms with E-state index in [4.69, 9.17) is 11.6 Å². The van der Waals surface area contributed by atoms with Crippen molar-refractivity contribution in [2.45, 2.75) is 28.5 Å². The van der Waals surface area contributed by atoms with Crippen molar-refractivity contribution < 1.29 is 22.7 Å². The first kappa shape index (κ1) is 22.9. The number of carbonyl (C=O) groups is 2. The molecule has 0 atom stereocenters. The number of methoxy groups -OCH3 is 1. The minimum absolute atomic E-state index is 0.0190. The monoisotopic (exact) mass is 490 g/mol. The molecule has 0 bridgehead atoms. The second-order valence-electron chi connectivity index (χ2n) is 6.30. The molecule has 9 nitrogen and oxygen atoms in total. The summed E-state index contributed by atoms with van der Waals surface area (Å²) in [5, 5.41) is 10.6. The van der Waals surface area contributed by atoms with Gasteiger partial charge in [-0.2, -0.15) is 4.31 Å². The summed E-state index contributed by atoms with van der Waals surface area (Å²) in [6.07, 6.45) is 2.63. The summed E-state index contributed by atoms with van der Waals surface area (Å²) in [6, 6.07) is 4.07. The average Bonchev–Trinajstić information content (AvgIpc) is 3.19. The normalized spacial score (nSPS) is 15.0. The molecule has 0 spiro atoms. The Morgan fingerprint density at radius 3 is 2.70 bits per heavy atom. The Balaban J connectivity index is 1.74. The van der Waals surface area contributed by atoms with Crippen LogP contribution in [-0.2, 0) is 19.6 Å². The number of benzene rings is 1. The summed E-state index contributed by atoms with van der Waals surface area (Å²) in [7, 11) is -2.41. The molecule has 13 heteroatoms. The van der Waals surface area contributed by atoms with Crippen LogP contribution in [0.25, 0.3) is 0 Å². The lowest BCUT2D eigenvalue weighted by Gasteiger charge is -2.26. The predicted molar refractivity (Wildman–Crippen MR) is 115 cm³/mol. The number of piperidine rings is 1. The van der Waals surface area contributed by atoms with Crippen LogP contribution in [0.1, 0.15) is 29.6 Å². The Hall–Kier alpha value is -1.73. The molecule has 0 radical (unpaired) electrons. The van der Waals surface area contributed by atoms with Gasteiger partial charge in [-0.1, -0.05) is 41.1 Å². The van der Waals surface area contributed by atoms with E-state index in [0.29, 0.717) is 17.4 Å². The number of amides is 1. The third-order valence-electron chi connectivity index (χ3n) is 4.30. The van der Waals surface area contributed by atoms with Crippen LogP contribution >= 0.6 is 34.7 Å². The number of ether oxygens (including phenoxy) is 1. The molecule has 162 valence electrons. The van der Waals surface area contributed by atoms with Gasteiger partial charge in [-0.3, -0.25) is 14.9 Å². The molecule has 0 saturated carbocycles. The van der Waals surface area contributed by atoms with Crippen molar-refractivity contribution in [2.24, 2.45) is 0 Å². The summed E-state index contributed by atoms with van der Waals surface area (Å²) < 4.78 is 32.2. The Morgan fingerprint density at radius 1 is 1.27 bits per heavy atom. The van der Waals surface area contributed by atoms with E-state index in [0.717, 1.165) is 42.4 Å². The molecule has 0 unspecified atom stereocenters. The molecule has 1 N–H and O–H groups in total. The van der Waals surface area contributed by atoms with E-state index in [1.165, 1.54) is 29.6 Å². The highest BCUT2D eigenvalue weighted by molar-refractivity contribution is 8.01. The molecule has 1 saturated heterocycles. The third kappa shape index (κ3) is 5.49. The third-order valence-corrected chi connectivity index (χ3v) is 8.47. The zero-order valence-corrected chi connectivity index (χ0v) is 19.2. The lowest BCUT2D eigenvalue weighted by atomic mass is 10.2. The van der Waals surface area contributed by atoms with Gasteiger partial charge in [0.05, 0.1) is 28.3 Å². The zero-order valence-electron chi connectivity index (χ0n) is 16.0. The number of anilines is 1. The fraction of sp³-hybridized carbons (Fsp3) is 0.412. The van der Waals surface area contributed by atoms with Crippen LogP contribution in [0.15, 0.2) is 27.4 Å². The summed E-state index contributed by atoms with van der Waals surface area (Å²) in [5.41, 5.74) is 0.0220. The smallest absolute Gasteiger partial charge is 0.316 e. The van der Waals surface area contributed by atoms with E-state index in [1.807, 2.05) is 0 Å². The van der Waals surface area contributed by atoms with Crippen LogP contribution in [0.5, 0.6) is 0 Å². The number of halogens is 1. The number of hydrogen-bond acceptors (Lipinski definition) is 9. The van der Waals surface area contributed by atoms with Crippen molar-refractivity contribution in [3.8, 4) is 0 Å². The summed E-state index contributed by atoms with van der Waals surface area (Å²) in [4.78, 5) is 23.9. The maximum Gasteiger partial charge on any atom is 0.316 e. The van der Waals surface area contributed by atoms with Gasteiger partial charge in [-0.15, -0.1) is 10.2 Å². The van der Waals surface area contributed by atoms with E-state index >= 15 is 0 Å².